The summed E-state index contributed by atoms with van der Waals surface area (Å²) in [5.74, 6) is 0. The quantitative estimate of drug-likeness (QED) is 0.913. The number of anilines is 1. The zero-order valence-corrected chi connectivity index (χ0v) is 13.6. The van der Waals surface area contributed by atoms with E-state index in [1.807, 2.05) is 24.4 Å². The van der Waals surface area contributed by atoms with E-state index in [0.29, 0.717) is 6.04 Å². The first kappa shape index (κ1) is 14.6. The van der Waals surface area contributed by atoms with Gasteiger partial charge < -0.3 is 10.2 Å². The van der Waals surface area contributed by atoms with Gasteiger partial charge in [0.1, 0.15) is 0 Å². The van der Waals surface area contributed by atoms with E-state index in [1.54, 1.807) is 0 Å². The molecule has 0 radical (unpaired) electrons. The summed E-state index contributed by atoms with van der Waals surface area (Å²) in [6.07, 6.45) is 2.95. The van der Waals surface area contributed by atoms with Gasteiger partial charge in [0.05, 0.1) is 16.2 Å². The molecule has 1 aliphatic heterocycles. The lowest BCUT2D eigenvalue weighted by Crippen LogP contribution is -2.62. The standard InChI is InChI=1S/C17H22ClN3/c1-4-17(3)11-21(12(2)10-20-17)15-8-7-14(18)13-6-5-9-19-16(13)15/h5-9,12,20H,4,10-11H2,1-3H3. The molecule has 0 saturated carbocycles. The number of pyridine rings is 1. The Morgan fingerprint density at radius 2 is 2.24 bits per heavy atom. The average Bonchev–Trinajstić information content (AvgIpc) is 2.51. The molecule has 0 amide bonds. The number of rotatable bonds is 2. The fourth-order valence-electron chi connectivity index (χ4n) is 3.01. The van der Waals surface area contributed by atoms with Gasteiger partial charge in [0.15, 0.2) is 0 Å². The molecule has 2 aromatic rings. The van der Waals surface area contributed by atoms with Crippen LogP contribution in [0.3, 0.4) is 0 Å². The minimum Gasteiger partial charge on any atom is -0.364 e. The molecule has 1 aromatic heterocycles. The van der Waals surface area contributed by atoms with Crippen molar-refractivity contribution < 1.29 is 0 Å². The monoisotopic (exact) mass is 303 g/mol. The molecule has 0 aliphatic carbocycles. The molecule has 3 nitrogen and oxygen atoms in total. The van der Waals surface area contributed by atoms with Crippen molar-refractivity contribution in [2.75, 3.05) is 18.0 Å². The molecule has 1 N–H and O–H groups in total. The van der Waals surface area contributed by atoms with Crippen LogP contribution in [0.15, 0.2) is 30.5 Å². The number of fused-ring (bicyclic) bond motifs is 1. The van der Waals surface area contributed by atoms with Gasteiger partial charge in [-0.3, -0.25) is 4.98 Å². The van der Waals surface area contributed by atoms with Crippen LogP contribution in [-0.4, -0.2) is 29.7 Å². The van der Waals surface area contributed by atoms with Crippen molar-refractivity contribution in [3.63, 3.8) is 0 Å². The summed E-state index contributed by atoms with van der Waals surface area (Å²) in [4.78, 5) is 7.04. The van der Waals surface area contributed by atoms with Gasteiger partial charge in [-0.2, -0.15) is 0 Å². The average molecular weight is 304 g/mol. The highest BCUT2D eigenvalue weighted by atomic mass is 35.5. The minimum absolute atomic E-state index is 0.146. The van der Waals surface area contributed by atoms with Crippen molar-refractivity contribution in [2.45, 2.75) is 38.8 Å². The molecule has 4 heteroatoms. The molecule has 3 rings (SSSR count). The van der Waals surface area contributed by atoms with Crippen LogP contribution in [0.4, 0.5) is 5.69 Å². The number of nitrogens with one attached hydrogen (secondary N) is 1. The Bertz CT molecular complexity index is 658. The van der Waals surface area contributed by atoms with E-state index in [4.69, 9.17) is 11.6 Å². The van der Waals surface area contributed by atoms with Gasteiger partial charge in [0.2, 0.25) is 0 Å². The molecule has 2 atom stereocenters. The molecule has 2 unspecified atom stereocenters. The largest absolute Gasteiger partial charge is 0.364 e. The van der Waals surface area contributed by atoms with Crippen molar-refractivity contribution in [1.82, 2.24) is 10.3 Å². The molecular weight excluding hydrogens is 282 g/mol. The third kappa shape index (κ3) is 2.60. The lowest BCUT2D eigenvalue weighted by molar-refractivity contribution is 0.286. The van der Waals surface area contributed by atoms with Gasteiger partial charge in [-0.25, -0.2) is 0 Å². The number of aromatic nitrogens is 1. The molecule has 1 aliphatic rings. The zero-order valence-electron chi connectivity index (χ0n) is 12.9. The van der Waals surface area contributed by atoms with Gasteiger partial charge in [-0.15, -0.1) is 0 Å². The van der Waals surface area contributed by atoms with E-state index < -0.39 is 0 Å². The van der Waals surface area contributed by atoms with Crippen LogP contribution in [0.5, 0.6) is 0 Å². The number of hydrogen-bond donors (Lipinski definition) is 1. The Morgan fingerprint density at radius 3 is 3.00 bits per heavy atom. The number of nitrogens with zero attached hydrogens (tertiary/aromatic N) is 2. The Kier molecular flexibility index (Phi) is 3.80. The second-order valence-corrected chi connectivity index (χ2v) is 6.65. The molecule has 21 heavy (non-hydrogen) atoms. The van der Waals surface area contributed by atoms with Gasteiger partial charge in [-0.1, -0.05) is 18.5 Å². The highest BCUT2D eigenvalue weighted by molar-refractivity contribution is 6.35. The summed E-state index contributed by atoms with van der Waals surface area (Å²) >= 11 is 6.32. The normalized spacial score (nSPS) is 26.3. The van der Waals surface area contributed by atoms with Crippen LogP contribution in [0.1, 0.15) is 27.2 Å². The molecule has 1 aromatic carbocycles. The van der Waals surface area contributed by atoms with Crippen molar-refractivity contribution in [3.8, 4) is 0 Å². The Hall–Kier alpha value is -1.32. The number of piperazine rings is 1. The van der Waals surface area contributed by atoms with Crippen LogP contribution >= 0.6 is 11.6 Å². The molecular formula is C17H22ClN3. The lowest BCUT2D eigenvalue weighted by Gasteiger charge is -2.46. The number of halogens is 1. The van der Waals surface area contributed by atoms with Crippen LogP contribution in [-0.2, 0) is 0 Å². The summed E-state index contributed by atoms with van der Waals surface area (Å²) in [5, 5.41) is 5.46. The van der Waals surface area contributed by atoms with E-state index in [2.05, 4.69) is 42.0 Å². The van der Waals surface area contributed by atoms with E-state index in [9.17, 15) is 0 Å². The van der Waals surface area contributed by atoms with Gasteiger partial charge in [0, 0.05) is 36.3 Å². The maximum Gasteiger partial charge on any atom is 0.0950 e. The van der Waals surface area contributed by atoms with Crippen molar-refractivity contribution in [3.05, 3.63) is 35.5 Å². The Morgan fingerprint density at radius 1 is 1.43 bits per heavy atom. The lowest BCUT2D eigenvalue weighted by atomic mass is 9.93. The van der Waals surface area contributed by atoms with Crippen LogP contribution in [0.2, 0.25) is 5.02 Å². The third-order valence-corrected chi connectivity index (χ3v) is 4.99. The first-order chi connectivity index (χ1) is 10.0. The Labute approximate surface area is 131 Å². The van der Waals surface area contributed by atoms with Gasteiger partial charge >= 0.3 is 0 Å². The maximum absolute atomic E-state index is 6.32. The van der Waals surface area contributed by atoms with E-state index >= 15 is 0 Å². The summed E-state index contributed by atoms with van der Waals surface area (Å²) in [6, 6.07) is 8.51. The van der Waals surface area contributed by atoms with E-state index in [-0.39, 0.29) is 5.54 Å². The van der Waals surface area contributed by atoms with E-state index in [1.165, 1.54) is 5.69 Å². The fourth-order valence-corrected chi connectivity index (χ4v) is 3.22. The second kappa shape index (κ2) is 5.47. The molecule has 1 fully saturated rings. The number of benzene rings is 1. The minimum atomic E-state index is 0.146. The zero-order chi connectivity index (χ0) is 15.0. The predicted molar refractivity (Wildman–Crippen MR) is 90.3 cm³/mol. The van der Waals surface area contributed by atoms with Gasteiger partial charge in [0.25, 0.3) is 0 Å². The van der Waals surface area contributed by atoms with Crippen molar-refractivity contribution in [2.24, 2.45) is 0 Å². The highest BCUT2D eigenvalue weighted by Gasteiger charge is 2.33. The third-order valence-electron chi connectivity index (χ3n) is 4.66. The summed E-state index contributed by atoms with van der Waals surface area (Å²) in [7, 11) is 0. The van der Waals surface area contributed by atoms with Crippen LogP contribution in [0.25, 0.3) is 10.9 Å². The molecule has 0 spiro atoms. The SMILES string of the molecule is CCC1(C)CN(c2ccc(Cl)c3cccnc23)C(C)CN1. The highest BCUT2D eigenvalue weighted by Crippen LogP contribution is 2.33. The summed E-state index contributed by atoms with van der Waals surface area (Å²) in [5.41, 5.74) is 2.33. The molecule has 1 saturated heterocycles. The van der Waals surface area contributed by atoms with Crippen LogP contribution < -0.4 is 10.2 Å². The topological polar surface area (TPSA) is 28.2 Å². The Balaban J connectivity index is 2.09. The van der Waals surface area contributed by atoms with Crippen molar-refractivity contribution in [1.29, 1.82) is 0 Å². The van der Waals surface area contributed by atoms with Crippen molar-refractivity contribution >= 4 is 28.2 Å². The van der Waals surface area contributed by atoms with Gasteiger partial charge in [-0.05, 0) is 44.5 Å². The maximum atomic E-state index is 6.32. The van der Waals surface area contributed by atoms with E-state index in [0.717, 1.165) is 35.4 Å². The second-order valence-electron chi connectivity index (χ2n) is 6.24. The first-order valence-electron chi connectivity index (χ1n) is 7.59. The predicted octanol–water partition coefficient (Wildman–Crippen LogP) is 3.86. The summed E-state index contributed by atoms with van der Waals surface area (Å²) in [6.45, 7) is 8.75. The van der Waals surface area contributed by atoms with Crippen LogP contribution in [0, 0.1) is 0 Å². The summed E-state index contributed by atoms with van der Waals surface area (Å²) < 4.78 is 0. The molecule has 2 heterocycles. The smallest absolute Gasteiger partial charge is 0.0950 e. The first-order valence-corrected chi connectivity index (χ1v) is 7.97. The fraction of sp³-hybridized carbons (Fsp3) is 0.471. The molecule has 0 bridgehead atoms. The number of hydrogen-bond acceptors (Lipinski definition) is 3. The molecule has 112 valence electrons.